The molecule has 1 fully saturated rings. The maximum Gasteiger partial charge on any atom is 0.240 e. The lowest BCUT2D eigenvalue weighted by Gasteiger charge is -2.08. The van der Waals surface area contributed by atoms with Crippen LogP contribution in [0.3, 0.4) is 0 Å². The zero-order chi connectivity index (χ0) is 14.4. The van der Waals surface area contributed by atoms with Crippen LogP contribution < -0.4 is 10.0 Å². The number of nitrogens with one attached hydrogen (secondary N) is 2. The Morgan fingerprint density at radius 3 is 2.45 bits per heavy atom. The van der Waals surface area contributed by atoms with Gasteiger partial charge in [0.25, 0.3) is 0 Å². The van der Waals surface area contributed by atoms with Crippen LogP contribution in [0.15, 0.2) is 29.2 Å². The standard InChI is InChI=1S/C15H24N2O2S/c1-2-11-17-20(18,19)15-9-7-14(8-10-15)16-12-3-4-13-5-6-13/h7-10,13,16-17H,2-6,11-12H2,1H3. The number of anilines is 1. The van der Waals surface area contributed by atoms with Gasteiger partial charge in [-0.2, -0.15) is 0 Å². The molecule has 0 aliphatic heterocycles. The fraction of sp³-hybridized carbons (Fsp3) is 0.600. The first-order valence-electron chi connectivity index (χ1n) is 7.45. The molecule has 0 aromatic heterocycles. The summed E-state index contributed by atoms with van der Waals surface area (Å²) >= 11 is 0. The molecule has 4 nitrogen and oxygen atoms in total. The molecule has 0 unspecified atom stereocenters. The van der Waals surface area contributed by atoms with E-state index in [0.717, 1.165) is 24.6 Å². The number of benzene rings is 1. The maximum atomic E-state index is 11.9. The summed E-state index contributed by atoms with van der Waals surface area (Å²) in [7, 11) is -3.35. The van der Waals surface area contributed by atoms with Crippen molar-refractivity contribution in [2.24, 2.45) is 5.92 Å². The lowest BCUT2D eigenvalue weighted by Crippen LogP contribution is -2.24. The van der Waals surface area contributed by atoms with Gasteiger partial charge in [-0.25, -0.2) is 13.1 Å². The Morgan fingerprint density at radius 1 is 1.15 bits per heavy atom. The van der Waals surface area contributed by atoms with Crippen molar-refractivity contribution in [3.05, 3.63) is 24.3 Å². The summed E-state index contributed by atoms with van der Waals surface area (Å²) in [6.07, 6.45) is 6.08. The van der Waals surface area contributed by atoms with Crippen LogP contribution in [0.2, 0.25) is 0 Å². The fourth-order valence-electron chi connectivity index (χ4n) is 2.10. The van der Waals surface area contributed by atoms with Gasteiger partial charge in [-0.3, -0.25) is 0 Å². The van der Waals surface area contributed by atoms with E-state index in [-0.39, 0.29) is 0 Å². The van der Waals surface area contributed by atoms with Crippen molar-refractivity contribution in [3.8, 4) is 0 Å². The molecule has 1 aliphatic carbocycles. The van der Waals surface area contributed by atoms with Gasteiger partial charge in [0, 0.05) is 18.8 Å². The van der Waals surface area contributed by atoms with Crippen molar-refractivity contribution < 1.29 is 8.42 Å². The first kappa shape index (κ1) is 15.3. The highest BCUT2D eigenvalue weighted by Gasteiger charge is 2.19. The maximum absolute atomic E-state index is 11.9. The summed E-state index contributed by atoms with van der Waals surface area (Å²) in [5.41, 5.74) is 0.982. The van der Waals surface area contributed by atoms with Crippen LogP contribution >= 0.6 is 0 Å². The summed E-state index contributed by atoms with van der Waals surface area (Å²) in [6.45, 7) is 3.37. The van der Waals surface area contributed by atoms with Crippen molar-refractivity contribution in [2.45, 2.75) is 43.9 Å². The fourth-order valence-corrected chi connectivity index (χ4v) is 3.24. The first-order chi connectivity index (χ1) is 9.62. The third-order valence-corrected chi connectivity index (χ3v) is 5.00. The Hall–Kier alpha value is -1.07. The average molecular weight is 296 g/mol. The van der Waals surface area contributed by atoms with E-state index in [0.29, 0.717) is 11.4 Å². The molecule has 1 aromatic carbocycles. The summed E-state index contributed by atoms with van der Waals surface area (Å²) in [4.78, 5) is 0.328. The minimum Gasteiger partial charge on any atom is -0.385 e. The lowest BCUT2D eigenvalue weighted by molar-refractivity contribution is 0.581. The van der Waals surface area contributed by atoms with Gasteiger partial charge in [-0.05, 0) is 49.4 Å². The van der Waals surface area contributed by atoms with E-state index in [1.807, 2.05) is 19.1 Å². The molecule has 2 N–H and O–H groups in total. The van der Waals surface area contributed by atoms with E-state index >= 15 is 0 Å². The molecule has 1 saturated carbocycles. The van der Waals surface area contributed by atoms with Gasteiger partial charge in [0.2, 0.25) is 10.0 Å². The molecule has 0 radical (unpaired) electrons. The lowest BCUT2D eigenvalue weighted by atomic mass is 10.2. The van der Waals surface area contributed by atoms with Crippen molar-refractivity contribution in [3.63, 3.8) is 0 Å². The monoisotopic (exact) mass is 296 g/mol. The molecule has 1 aliphatic rings. The quantitative estimate of drug-likeness (QED) is 0.689. The summed E-state index contributed by atoms with van der Waals surface area (Å²) in [5.74, 6) is 0.967. The molecule has 0 bridgehead atoms. The van der Waals surface area contributed by atoms with Crippen molar-refractivity contribution in [2.75, 3.05) is 18.4 Å². The molecule has 0 spiro atoms. The van der Waals surface area contributed by atoms with E-state index in [9.17, 15) is 8.42 Å². The van der Waals surface area contributed by atoms with Gasteiger partial charge in [-0.1, -0.05) is 19.8 Å². The minimum absolute atomic E-state index is 0.328. The largest absolute Gasteiger partial charge is 0.385 e. The second kappa shape index (κ2) is 7.09. The molecule has 1 aromatic rings. The Morgan fingerprint density at radius 2 is 1.85 bits per heavy atom. The summed E-state index contributed by atoms with van der Waals surface area (Å²) in [5, 5.41) is 3.33. The van der Waals surface area contributed by atoms with E-state index in [1.165, 1.54) is 25.7 Å². The first-order valence-corrected chi connectivity index (χ1v) is 8.94. The highest BCUT2D eigenvalue weighted by Crippen LogP contribution is 2.33. The van der Waals surface area contributed by atoms with Crippen molar-refractivity contribution >= 4 is 15.7 Å². The third-order valence-electron chi connectivity index (χ3n) is 3.52. The highest BCUT2D eigenvalue weighted by molar-refractivity contribution is 7.89. The van der Waals surface area contributed by atoms with Crippen LogP contribution in [-0.4, -0.2) is 21.5 Å². The third kappa shape index (κ3) is 4.80. The van der Waals surface area contributed by atoms with Crippen LogP contribution in [0.4, 0.5) is 5.69 Å². The topological polar surface area (TPSA) is 58.2 Å². The normalized spacial score (nSPS) is 15.2. The summed E-state index contributed by atoms with van der Waals surface area (Å²) < 4.78 is 26.4. The predicted molar refractivity (Wildman–Crippen MR) is 82.4 cm³/mol. The molecule has 20 heavy (non-hydrogen) atoms. The molecule has 0 atom stereocenters. The zero-order valence-electron chi connectivity index (χ0n) is 12.1. The van der Waals surface area contributed by atoms with E-state index in [2.05, 4.69) is 10.0 Å². The Bertz CT molecular complexity index is 507. The van der Waals surface area contributed by atoms with E-state index in [1.54, 1.807) is 12.1 Å². The van der Waals surface area contributed by atoms with Gasteiger partial charge in [0.1, 0.15) is 0 Å². The van der Waals surface area contributed by atoms with E-state index < -0.39 is 10.0 Å². The van der Waals surface area contributed by atoms with Gasteiger partial charge in [0.05, 0.1) is 4.90 Å². The minimum atomic E-state index is -3.35. The molecule has 0 amide bonds. The van der Waals surface area contributed by atoms with Gasteiger partial charge < -0.3 is 5.32 Å². The van der Waals surface area contributed by atoms with Crippen LogP contribution in [-0.2, 0) is 10.0 Å². The van der Waals surface area contributed by atoms with Gasteiger partial charge in [-0.15, -0.1) is 0 Å². The van der Waals surface area contributed by atoms with Crippen LogP contribution in [0.5, 0.6) is 0 Å². The molecule has 0 heterocycles. The highest BCUT2D eigenvalue weighted by atomic mass is 32.2. The number of hydrogen-bond acceptors (Lipinski definition) is 3. The zero-order valence-corrected chi connectivity index (χ0v) is 12.9. The Labute approximate surface area is 122 Å². The second-order valence-electron chi connectivity index (χ2n) is 5.43. The number of rotatable bonds is 9. The molecule has 5 heteroatoms. The number of sulfonamides is 1. The second-order valence-corrected chi connectivity index (χ2v) is 7.20. The molecule has 0 saturated heterocycles. The molecule has 112 valence electrons. The predicted octanol–water partition coefficient (Wildman–Crippen LogP) is 2.98. The molecular formula is C15H24N2O2S. The smallest absolute Gasteiger partial charge is 0.240 e. The van der Waals surface area contributed by atoms with Crippen molar-refractivity contribution in [1.82, 2.24) is 4.72 Å². The van der Waals surface area contributed by atoms with Crippen LogP contribution in [0.25, 0.3) is 0 Å². The van der Waals surface area contributed by atoms with Crippen LogP contribution in [0.1, 0.15) is 39.0 Å². The van der Waals surface area contributed by atoms with E-state index in [4.69, 9.17) is 0 Å². The molecular weight excluding hydrogens is 272 g/mol. The SMILES string of the molecule is CCCNS(=O)(=O)c1ccc(NCCCC2CC2)cc1. The van der Waals surface area contributed by atoms with Crippen LogP contribution in [0, 0.1) is 5.92 Å². The van der Waals surface area contributed by atoms with Crippen molar-refractivity contribution in [1.29, 1.82) is 0 Å². The van der Waals surface area contributed by atoms with Gasteiger partial charge in [0.15, 0.2) is 0 Å². The number of hydrogen-bond donors (Lipinski definition) is 2. The molecule has 2 rings (SSSR count). The Kier molecular flexibility index (Phi) is 5.43. The summed E-state index contributed by atoms with van der Waals surface area (Å²) in [6, 6.07) is 6.97. The average Bonchev–Trinajstić information content (AvgIpc) is 3.26. The Balaban J connectivity index is 1.81. The van der Waals surface area contributed by atoms with Gasteiger partial charge >= 0.3 is 0 Å².